The molecule has 0 saturated heterocycles. The Morgan fingerprint density at radius 3 is 2.77 bits per heavy atom. The first-order valence-electron chi connectivity index (χ1n) is 9.50. The van der Waals surface area contributed by atoms with Gasteiger partial charge in [-0.2, -0.15) is 0 Å². The van der Waals surface area contributed by atoms with Gasteiger partial charge in [0, 0.05) is 24.2 Å². The van der Waals surface area contributed by atoms with Gasteiger partial charge >= 0.3 is 0 Å². The monoisotopic (exact) mass is 434 g/mol. The Morgan fingerprint density at radius 1 is 1.10 bits per heavy atom. The molecule has 8 nitrogen and oxygen atoms in total. The molecule has 0 fully saturated rings. The number of ether oxygens (including phenoxy) is 1. The number of aromatic nitrogens is 3. The molecule has 0 bridgehead atoms. The van der Waals surface area contributed by atoms with Gasteiger partial charge in [-0.05, 0) is 29.8 Å². The SMILES string of the molecule is O=c1c2ccccc2nc(SCCOc2cccc([N+](=O)[O-])c2)n1Cc1cccnc1. The van der Waals surface area contributed by atoms with Crippen LogP contribution < -0.4 is 10.3 Å². The molecule has 0 N–H and O–H groups in total. The summed E-state index contributed by atoms with van der Waals surface area (Å²) in [5, 5.41) is 12.0. The zero-order valence-corrected chi connectivity index (χ0v) is 17.2. The van der Waals surface area contributed by atoms with E-state index in [0.717, 1.165) is 5.56 Å². The summed E-state index contributed by atoms with van der Waals surface area (Å²) >= 11 is 1.40. The Hall–Kier alpha value is -3.72. The normalized spacial score (nSPS) is 10.8. The summed E-state index contributed by atoms with van der Waals surface area (Å²) in [6.07, 6.45) is 3.41. The number of thioether (sulfide) groups is 1. The van der Waals surface area contributed by atoms with Crippen LogP contribution in [-0.4, -0.2) is 31.8 Å². The number of para-hydroxylation sites is 1. The standard InChI is InChI=1S/C22H18N4O4S/c27-21-19-8-1-2-9-20(19)24-22(25(21)15-16-5-4-10-23-14-16)31-12-11-30-18-7-3-6-17(13-18)26(28)29/h1-10,13-14H,11-12,15H2. The molecule has 4 aromatic rings. The van der Waals surface area contributed by atoms with Crippen LogP contribution in [0.4, 0.5) is 5.69 Å². The third-order valence-electron chi connectivity index (χ3n) is 4.50. The van der Waals surface area contributed by atoms with E-state index in [1.807, 2.05) is 30.3 Å². The van der Waals surface area contributed by atoms with E-state index in [-0.39, 0.29) is 11.2 Å². The van der Waals surface area contributed by atoms with Crippen LogP contribution in [0.15, 0.2) is 83.0 Å². The summed E-state index contributed by atoms with van der Waals surface area (Å²) in [6.45, 7) is 0.667. The second kappa shape index (κ2) is 9.40. The molecule has 156 valence electrons. The summed E-state index contributed by atoms with van der Waals surface area (Å²) < 4.78 is 7.28. The van der Waals surface area contributed by atoms with Crippen molar-refractivity contribution in [3.05, 3.63) is 99.1 Å². The minimum absolute atomic E-state index is 0.0216. The van der Waals surface area contributed by atoms with Gasteiger partial charge in [-0.25, -0.2) is 4.98 Å². The van der Waals surface area contributed by atoms with E-state index >= 15 is 0 Å². The van der Waals surface area contributed by atoms with Crippen molar-refractivity contribution >= 4 is 28.4 Å². The van der Waals surface area contributed by atoms with Crippen molar-refractivity contribution in [2.45, 2.75) is 11.7 Å². The largest absolute Gasteiger partial charge is 0.492 e. The number of benzene rings is 2. The molecule has 0 spiro atoms. The highest BCUT2D eigenvalue weighted by atomic mass is 32.2. The lowest BCUT2D eigenvalue weighted by Gasteiger charge is -2.13. The fourth-order valence-electron chi connectivity index (χ4n) is 3.05. The highest BCUT2D eigenvalue weighted by Crippen LogP contribution is 2.21. The zero-order valence-electron chi connectivity index (χ0n) is 16.4. The van der Waals surface area contributed by atoms with Crippen LogP contribution >= 0.6 is 11.8 Å². The van der Waals surface area contributed by atoms with Crippen LogP contribution in [0.1, 0.15) is 5.56 Å². The number of non-ortho nitro benzene ring substituents is 1. The number of nitro groups is 1. The van der Waals surface area contributed by atoms with Gasteiger partial charge in [-0.3, -0.25) is 24.5 Å². The van der Waals surface area contributed by atoms with Crippen molar-refractivity contribution in [2.75, 3.05) is 12.4 Å². The lowest BCUT2D eigenvalue weighted by Crippen LogP contribution is -2.24. The van der Waals surface area contributed by atoms with Crippen LogP contribution in [0.25, 0.3) is 10.9 Å². The lowest BCUT2D eigenvalue weighted by molar-refractivity contribution is -0.384. The first-order valence-corrected chi connectivity index (χ1v) is 10.5. The van der Waals surface area contributed by atoms with Crippen molar-refractivity contribution < 1.29 is 9.66 Å². The molecule has 0 aliphatic heterocycles. The predicted molar refractivity (Wildman–Crippen MR) is 119 cm³/mol. The van der Waals surface area contributed by atoms with Crippen molar-refractivity contribution in [3.63, 3.8) is 0 Å². The molecule has 0 aliphatic rings. The number of nitro benzene ring substituents is 1. The predicted octanol–water partition coefficient (Wildman–Crippen LogP) is 3.92. The van der Waals surface area contributed by atoms with Gasteiger partial charge in [0.25, 0.3) is 11.2 Å². The quantitative estimate of drug-likeness (QED) is 0.136. The van der Waals surface area contributed by atoms with Crippen molar-refractivity contribution in [2.24, 2.45) is 0 Å². The number of rotatable bonds is 8. The fraction of sp³-hybridized carbons (Fsp3) is 0.136. The van der Waals surface area contributed by atoms with Crippen molar-refractivity contribution in [3.8, 4) is 5.75 Å². The molecule has 0 saturated carbocycles. The first kappa shape index (κ1) is 20.5. The minimum Gasteiger partial charge on any atom is -0.492 e. The molecule has 0 atom stereocenters. The topological polar surface area (TPSA) is 100 Å². The van der Waals surface area contributed by atoms with Gasteiger partial charge in [-0.15, -0.1) is 0 Å². The average Bonchev–Trinajstić information content (AvgIpc) is 2.80. The summed E-state index contributed by atoms with van der Waals surface area (Å²) in [6, 6.07) is 17.0. The molecule has 2 aromatic carbocycles. The van der Waals surface area contributed by atoms with E-state index in [1.165, 1.54) is 23.9 Å². The number of hydrogen-bond acceptors (Lipinski definition) is 7. The Labute approximate surface area is 181 Å². The molecule has 9 heteroatoms. The molecule has 0 amide bonds. The Bertz CT molecular complexity index is 1280. The van der Waals surface area contributed by atoms with Gasteiger partial charge in [0.15, 0.2) is 5.16 Å². The van der Waals surface area contributed by atoms with Crippen LogP contribution in [0.2, 0.25) is 0 Å². The van der Waals surface area contributed by atoms with E-state index in [9.17, 15) is 14.9 Å². The van der Waals surface area contributed by atoms with Gasteiger partial charge in [0.2, 0.25) is 0 Å². The Balaban J connectivity index is 1.53. The smallest absolute Gasteiger partial charge is 0.273 e. The fourth-order valence-corrected chi connectivity index (χ4v) is 3.87. The lowest BCUT2D eigenvalue weighted by atomic mass is 10.2. The molecule has 0 radical (unpaired) electrons. The van der Waals surface area contributed by atoms with E-state index in [4.69, 9.17) is 4.74 Å². The summed E-state index contributed by atoms with van der Waals surface area (Å²) in [7, 11) is 0. The average molecular weight is 434 g/mol. The molecule has 4 rings (SSSR count). The summed E-state index contributed by atoms with van der Waals surface area (Å²) in [5.74, 6) is 0.939. The Morgan fingerprint density at radius 2 is 1.97 bits per heavy atom. The first-order chi connectivity index (χ1) is 15.1. The molecule has 0 aliphatic carbocycles. The summed E-state index contributed by atoms with van der Waals surface area (Å²) in [5.41, 5.74) is 1.40. The maximum absolute atomic E-state index is 13.1. The van der Waals surface area contributed by atoms with Gasteiger partial charge in [0.1, 0.15) is 5.75 Å². The van der Waals surface area contributed by atoms with Gasteiger partial charge < -0.3 is 4.74 Å². The van der Waals surface area contributed by atoms with Crippen LogP contribution in [0.3, 0.4) is 0 Å². The number of pyridine rings is 1. The van der Waals surface area contributed by atoms with Crippen LogP contribution in [0.5, 0.6) is 5.75 Å². The molecule has 0 unspecified atom stereocenters. The van der Waals surface area contributed by atoms with E-state index in [1.54, 1.807) is 35.2 Å². The molecule has 2 aromatic heterocycles. The molecular weight excluding hydrogens is 416 g/mol. The number of fused-ring (bicyclic) bond motifs is 1. The van der Waals surface area contributed by atoms with Crippen molar-refractivity contribution in [1.82, 2.24) is 14.5 Å². The van der Waals surface area contributed by atoms with Gasteiger partial charge in [-0.1, -0.05) is 36.0 Å². The third kappa shape index (κ3) is 4.89. The van der Waals surface area contributed by atoms with Crippen LogP contribution in [0, 0.1) is 10.1 Å². The maximum atomic E-state index is 13.1. The van der Waals surface area contributed by atoms with Crippen LogP contribution in [-0.2, 0) is 6.54 Å². The highest BCUT2D eigenvalue weighted by molar-refractivity contribution is 7.99. The second-order valence-corrected chi connectivity index (χ2v) is 7.68. The van der Waals surface area contributed by atoms with E-state index in [0.29, 0.717) is 40.7 Å². The number of nitrogens with zero attached hydrogens (tertiary/aromatic N) is 4. The van der Waals surface area contributed by atoms with Crippen molar-refractivity contribution in [1.29, 1.82) is 0 Å². The molecular formula is C22H18N4O4S. The molecule has 31 heavy (non-hydrogen) atoms. The second-order valence-electron chi connectivity index (χ2n) is 6.62. The highest BCUT2D eigenvalue weighted by Gasteiger charge is 2.12. The third-order valence-corrected chi connectivity index (χ3v) is 5.44. The van der Waals surface area contributed by atoms with E-state index < -0.39 is 4.92 Å². The van der Waals surface area contributed by atoms with E-state index in [2.05, 4.69) is 9.97 Å². The Kier molecular flexibility index (Phi) is 6.23. The maximum Gasteiger partial charge on any atom is 0.273 e. The molecule has 2 heterocycles. The zero-order chi connectivity index (χ0) is 21.6. The summed E-state index contributed by atoms with van der Waals surface area (Å²) in [4.78, 5) is 32.3. The number of hydrogen-bond donors (Lipinski definition) is 0. The van der Waals surface area contributed by atoms with Gasteiger partial charge in [0.05, 0.1) is 35.0 Å². The minimum atomic E-state index is -0.461.